The number of primary amides is 1. The minimum absolute atomic E-state index is 0.299. The molecule has 1 aromatic carbocycles. The van der Waals surface area contributed by atoms with Gasteiger partial charge in [0.2, 0.25) is 0 Å². The molecule has 0 aliphatic rings. The van der Waals surface area contributed by atoms with Crippen LogP contribution in [0.15, 0.2) is 60.9 Å². The summed E-state index contributed by atoms with van der Waals surface area (Å²) < 4.78 is 0. The highest BCUT2D eigenvalue weighted by atomic mass is 16.2. The molecule has 0 spiro atoms. The summed E-state index contributed by atoms with van der Waals surface area (Å²) in [6.45, 7) is 6.78. The maximum atomic E-state index is 12.1. The van der Waals surface area contributed by atoms with Gasteiger partial charge in [0.15, 0.2) is 0 Å². The van der Waals surface area contributed by atoms with Crippen molar-refractivity contribution in [2.75, 3.05) is 18.4 Å². The largest absolute Gasteiger partial charge is 0.366 e. The first-order chi connectivity index (χ1) is 15.5. The van der Waals surface area contributed by atoms with Crippen molar-refractivity contribution in [3.05, 3.63) is 77.7 Å². The minimum atomic E-state index is -0.483. The topological polar surface area (TPSA) is 113 Å². The van der Waals surface area contributed by atoms with Crippen LogP contribution in [0.2, 0.25) is 0 Å². The van der Waals surface area contributed by atoms with E-state index in [0.29, 0.717) is 30.0 Å². The summed E-state index contributed by atoms with van der Waals surface area (Å²) in [4.78, 5) is 34.9. The predicted molar refractivity (Wildman–Crippen MR) is 125 cm³/mol. The SMILES string of the molecule is CCN(CC)Cc1nc(-c2ccc(NC(=O)NCc3cccnc3)cc2)ccc1C(N)=O. The number of benzene rings is 1. The molecule has 2 aromatic heterocycles. The normalized spacial score (nSPS) is 10.7. The fourth-order valence-electron chi connectivity index (χ4n) is 3.25. The summed E-state index contributed by atoms with van der Waals surface area (Å²) in [5, 5.41) is 5.61. The number of pyridine rings is 2. The lowest BCUT2D eigenvalue weighted by atomic mass is 10.1. The Bertz CT molecular complexity index is 1050. The molecule has 0 aliphatic carbocycles. The molecule has 2 heterocycles. The molecule has 0 unspecified atom stereocenters. The van der Waals surface area contributed by atoms with Gasteiger partial charge >= 0.3 is 6.03 Å². The molecule has 0 saturated carbocycles. The highest BCUT2D eigenvalue weighted by molar-refractivity contribution is 5.94. The molecule has 0 aliphatic heterocycles. The second-order valence-electron chi connectivity index (χ2n) is 7.26. The lowest BCUT2D eigenvalue weighted by Crippen LogP contribution is -2.28. The maximum Gasteiger partial charge on any atom is 0.319 e. The molecule has 3 rings (SSSR count). The van der Waals surface area contributed by atoms with E-state index in [-0.39, 0.29) is 6.03 Å². The lowest BCUT2D eigenvalue weighted by molar-refractivity contribution is 0.0997. The molecule has 166 valence electrons. The third-order valence-electron chi connectivity index (χ3n) is 5.12. The number of carbonyl (C=O) groups is 2. The Balaban J connectivity index is 1.69. The molecule has 8 heteroatoms. The Labute approximate surface area is 187 Å². The number of rotatable bonds is 9. The van der Waals surface area contributed by atoms with Crippen LogP contribution < -0.4 is 16.4 Å². The van der Waals surface area contributed by atoms with Crippen molar-refractivity contribution in [3.63, 3.8) is 0 Å². The van der Waals surface area contributed by atoms with Crippen molar-refractivity contribution < 1.29 is 9.59 Å². The first-order valence-electron chi connectivity index (χ1n) is 10.6. The number of carbonyl (C=O) groups excluding carboxylic acids is 2. The fraction of sp³-hybridized carbons (Fsp3) is 0.250. The smallest absolute Gasteiger partial charge is 0.319 e. The summed E-state index contributed by atoms with van der Waals surface area (Å²) in [6, 6.07) is 14.3. The van der Waals surface area contributed by atoms with E-state index >= 15 is 0 Å². The number of nitrogens with two attached hydrogens (primary N) is 1. The molecule has 0 radical (unpaired) electrons. The van der Waals surface area contributed by atoms with Crippen LogP contribution in [-0.4, -0.2) is 39.9 Å². The van der Waals surface area contributed by atoms with Crippen molar-refractivity contribution >= 4 is 17.6 Å². The van der Waals surface area contributed by atoms with Gasteiger partial charge in [0.1, 0.15) is 0 Å². The molecule has 4 N–H and O–H groups in total. The molecule has 0 atom stereocenters. The van der Waals surface area contributed by atoms with Gasteiger partial charge in [-0.05, 0) is 49.0 Å². The van der Waals surface area contributed by atoms with Crippen molar-refractivity contribution in [2.24, 2.45) is 5.73 Å². The van der Waals surface area contributed by atoms with E-state index in [4.69, 9.17) is 10.7 Å². The van der Waals surface area contributed by atoms with Crippen LogP contribution in [0.3, 0.4) is 0 Å². The first kappa shape index (κ1) is 22.9. The van der Waals surface area contributed by atoms with E-state index < -0.39 is 5.91 Å². The quantitative estimate of drug-likeness (QED) is 0.480. The molecule has 32 heavy (non-hydrogen) atoms. The minimum Gasteiger partial charge on any atom is -0.366 e. The van der Waals surface area contributed by atoms with Gasteiger partial charge in [-0.2, -0.15) is 0 Å². The van der Waals surface area contributed by atoms with Crippen molar-refractivity contribution in [1.29, 1.82) is 0 Å². The molecule has 0 fully saturated rings. The molecule has 0 saturated heterocycles. The number of hydrogen-bond donors (Lipinski definition) is 3. The lowest BCUT2D eigenvalue weighted by Gasteiger charge is -2.19. The Hall–Kier alpha value is -3.78. The number of nitrogens with zero attached hydrogens (tertiary/aromatic N) is 3. The Kier molecular flexibility index (Phi) is 7.88. The molecule has 8 nitrogen and oxygen atoms in total. The number of amides is 3. The zero-order chi connectivity index (χ0) is 22.9. The summed E-state index contributed by atoms with van der Waals surface area (Å²) in [7, 11) is 0. The van der Waals surface area contributed by atoms with Gasteiger partial charge < -0.3 is 16.4 Å². The second-order valence-corrected chi connectivity index (χ2v) is 7.26. The van der Waals surface area contributed by atoms with E-state index in [1.165, 1.54) is 0 Å². The van der Waals surface area contributed by atoms with Gasteiger partial charge in [-0.25, -0.2) is 4.79 Å². The summed E-state index contributed by atoms with van der Waals surface area (Å²) in [6.07, 6.45) is 3.40. The number of anilines is 1. The van der Waals surface area contributed by atoms with Crippen LogP contribution in [0.25, 0.3) is 11.3 Å². The van der Waals surface area contributed by atoms with E-state index in [2.05, 4.69) is 34.4 Å². The van der Waals surface area contributed by atoms with Gasteiger partial charge in [0.25, 0.3) is 5.91 Å². The first-order valence-corrected chi connectivity index (χ1v) is 10.6. The maximum absolute atomic E-state index is 12.1. The van der Waals surface area contributed by atoms with Crippen LogP contribution in [0.5, 0.6) is 0 Å². The van der Waals surface area contributed by atoms with Crippen molar-refractivity contribution in [1.82, 2.24) is 20.2 Å². The Morgan fingerprint density at radius 2 is 1.78 bits per heavy atom. The third-order valence-corrected chi connectivity index (χ3v) is 5.12. The molecule has 3 aromatic rings. The van der Waals surface area contributed by atoms with Crippen LogP contribution in [0, 0.1) is 0 Å². The fourth-order valence-corrected chi connectivity index (χ4v) is 3.25. The summed E-state index contributed by atoms with van der Waals surface area (Å²) in [5.74, 6) is -0.483. The van der Waals surface area contributed by atoms with Crippen molar-refractivity contribution in [2.45, 2.75) is 26.9 Å². The molecule has 3 amide bonds. The van der Waals surface area contributed by atoms with Crippen LogP contribution in [0.1, 0.15) is 35.5 Å². The molecular weight excluding hydrogens is 404 g/mol. The molecular formula is C24H28N6O2. The standard InChI is InChI=1S/C24H28N6O2/c1-3-30(4-2)16-22-20(23(25)31)11-12-21(29-22)18-7-9-19(10-8-18)28-24(32)27-15-17-6-5-13-26-14-17/h5-14H,3-4,15-16H2,1-2H3,(H2,25,31)(H2,27,28,32). The molecule has 0 bridgehead atoms. The van der Waals surface area contributed by atoms with Crippen molar-refractivity contribution in [3.8, 4) is 11.3 Å². The highest BCUT2D eigenvalue weighted by Crippen LogP contribution is 2.22. The second kappa shape index (κ2) is 11.0. The zero-order valence-corrected chi connectivity index (χ0v) is 18.3. The Morgan fingerprint density at radius 3 is 2.41 bits per heavy atom. The average Bonchev–Trinajstić information content (AvgIpc) is 2.82. The van der Waals surface area contributed by atoms with E-state index in [1.807, 2.05) is 36.4 Å². The van der Waals surface area contributed by atoms with Gasteiger partial charge in [0, 0.05) is 36.7 Å². The van der Waals surface area contributed by atoms with E-state index in [9.17, 15) is 9.59 Å². The average molecular weight is 433 g/mol. The zero-order valence-electron chi connectivity index (χ0n) is 18.3. The highest BCUT2D eigenvalue weighted by Gasteiger charge is 2.14. The van der Waals surface area contributed by atoms with Gasteiger partial charge in [-0.1, -0.05) is 32.0 Å². The Morgan fingerprint density at radius 1 is 1.03 bits per heavy atom. The van der Waals surface area contributed by atoms with Gasteiger partial charge in [-0.3, -0.25) is 19.7 Å². The number of nitrogens with one attached hydrogen (secondary N) is 2. The van der Waals surface area contributed by atoms with Gasteiger partial charge in [0.05, 0.1) is 17.0 Å². The van der Waals surface area contributed by atoms with Crippen LogP contribution >= 0.6 is 0 Å². The summed E-state index contributed by atoms with van der Waals surface area (Å²) >= 11 is 0. The van der Waals surface area contributed by atoms with Crippen LogP contribution in [-0.2, 0) is 13.1 Å². The van der Waals surface area contributed by atoms with E-state index in [1.54, 1.807) is 24.5 Å². The van der Waals surface area contributed by atoms with E-state index in [0.717, 1.165) is 29.9 Å². The monoisotopic (exact) mass is 432 g/mol. The number of urea groups is 1. The summed E-state index contributed by atoms with van der Waals surface area (Å²) in [5.41, 5.74) is 9.84. The van der Waals surface area contributed by atoms with Gasteiger partial charge in [-0.15, -0.1) is 0 Å². The van der Waals surface area contributed by atoms with Crippen LogP contribution in [0.4, 0.5) is 10.5 Å². The third kappa shape index (κ3) is 6.12. The predicted octanol–water partition coefficient (Wildman–Crippen LogP) is 3.41. The number of hydrogen-bond acceptors (Lipinski definition) is 5. The number of aromatic nitrogens is 2.